The smallest absolute Gasteiger partial charge is 0.266 e. The Hall–Kier alpha value is -9.96. The Kier molecular flexibility index (Phi) is 10.1. The summed E-state index contributed by atoms with van der Waals surface area (Å²) in [7, 11) is 1.33. The third-order valence-electron chi connectivity index (χ3n) is 13.3. The number of nitrogens with one attached hydrogen (secondary N) is 2. The Morgan fingerprint density at radius 2 is 0.681 bits per heavy atom. The van der Waals surface area contributed by atoms with Gasteiger partial charge in [0.05, 0.1) is 60.2 Å². The zero-order chi connectivity index (χ0) is 50.6. The first-order valence-electron chi connectivity index (χ1n) is 22.4. The number of anilines is 2. The number of benzene rings is 7. The highest BCUT2D eigenvalue weighted by atomic mass is 16.2. The maximum absolute atomic E-state index is 14.0. The fourth-order valence-corrected chi connectivity index (χ4v) is 9.42. The van der Waals surface area contributed by atoms with Gasteiger partial charge in [-0.05, 0) is 152 Å². The normalized spacial score (nSPS) is 11.6. The van der Waals surface area contributed by atoms with Gasteiger partial charge in [0.15, 0.2) is 0 Å². The number of hydrogen-bond donors (Lipinski definition) is 2. The number of fused-ring (bicyclic) bond motifs is 4. The van der Waals surface area contributed by atoms with Gasteiger partial charge in [-0.3, -0.25) is 52.5 Å². The van der Waals surface area contributed by atoms with Crippen molar-refractivity contribution in [2.45, 2.75) is 20.8 Å². The lowest BCUT2D eigenvalue weighted by atomic mass is 10.00. The second-order valence-electron chi connectivity index (χ2n) is 17.8. The van der Waals surface area contributed by atoms with Crippen LogP contribution in [0.2, 0.25) is 0 Å². The molecular weight excluding hydrogens is 917 g/mol. The van der Waals surface area contributed by atoms with Gasteiger partial charge < -0.3 is 10.6 Å². The molecule has 4 aromatic heterocycles. The molecule has 16 nitrogen and oxygen atoms in total. The van der Waals surface area contributed by atoms with Gasteiger partial charge in [-0.25, -0.2) is 13.7 Å². The highest BCUT2D eigenvalue weighted by Crippen LogP contribution is 2.28. The highest BCUT2D eigenvalue weighted by Gasteiger charge is 2.24. The highest BCUT2D eigenvalue weighted by molar-refractivity contribution is 6.07. The Bertz CT molecular complexity index is 4480. The molecule has 0 aliphatic carbocycles. The molecule has 4 heterocycles. The van der Waals surface area contributed by atoms with Crippen LogP contribution in [0.4, 0.5) is 11.4 Å². The molecule has 0 fully saturated rings. The van der Waals surface area contributed by atoms with Crippen molar-refractivity contribution >= 4 is 66.3 Å². The van der Waals surface area contributed by atoms with Gasteiger partial charge in [-0.15, -0.1) is 0 Å². The fraction of sp³-hybridized carbons (Fsp3) is 0.0714. The summed E-state index contributed by atoms with van der Waals surface area (Å²) in [6.45, 7) is 5.40. The summed E-state index contributed by atoms with van der Waals surface area (Å²) in [4.78, 5) is 134. The van der Waals surface area contributed by atoms with Crippen LogP contribution >= 0.6 is 0 Å². The molecule has 16 heteroatoms. The van der Waals surface area contributed by atoms with Crippen LogP contribution in [-0.4, -0.2) is 30.1 Å². The predicted octanol–water partition coefficient (Wildman–Crippen LogP) is 5.74. The van der Waals surface area contributed by atoms with Crippen molar-refractivity contribution in [3.05, 3.63) is 244 Å². The summed E-state index contributed by atoms with van der Waals surface area (Å²) in [6.07, 6.45) is 0. The number of carbonyl (C=O) groups excluding carboxylic acids is 2. The first-order valence-corrected chi connectivity index (χ1v) is 22.4. The third kappa shape index (κ3) is 6.91. The van der Waals surface area contributed by atoms with Crippen molar-refractivity contribution in [3.8, 4) is 28.2 Å². The predicted molar refractivity (Wildman–Crippen MR) is 277 cm³/mol. The summed E-state index contributed by atoms with van der Waals surface area (Å²) in [5.74, 6) is -0.786. The Morgan fingerprint density at radius 3 is 1.03 bits per heavy atom. The molecular formula is C56H36N6O10. The lowest BCUT2D eigenvalue weighted by molar-refractivity contribution is 0.101. The molecule has 72 heavy (non-hydrogen) atoms. The van der Waals surface area contributed by atoms with E-state index in [4.69, 9.17) is 0 Å². The summed E-state index contributed by atoms with van der Waals surface area (Å²) < 4.78 is 3.89. The van der Waals surface area contributed by atoms with Gasteiger partial charge in [0.2, 0.25) is 0 Å². The molecule has 350 valence electrons. The molecule has 2 amide bonds. The van der Waals surface area contributed by atoms with Crippen molar-refractivity contribution in [2.24, 2.45) is 7.05 Å². The van der Waals surface area contributed by atoms with Crippen molar-refractivity contribution in [3.63, 3.8) is 0 Å². The van der Waals surface area contributed by atoms with Crippen molar-refractivity contribution in [1.29, 1.82) is 0 Å². The molecule has 0 aliphatic heterocycles. The number of rotatable bonds is 8. The zero-order valence-corrected chi connectivity index (χ0v) is 38.6. The molecule has 11 aromatic rings. The topological polar surface area (TPSA) is 214 Å². The summed E-state index contributed by atoms with van der Waals surface area (Å²) in [5.41, 5.74) is 0.897. The molecule has 0 atom stereocenters. The molecule has 11 rings (SSSR count). The third-order valence-corrected chi connectivity index (χ3v) is 13.3. The average Bonchev–Trinajstić information content (AvgIpc) is 3.95. The van der Waals surface area contributed by atoms with Crippen LogP contribution in [0.1, 0.15) is 37.4 Å². The van der Waals surface area contributed by atoms with E-state index in [9.17, 15) is 47.9 Å². The summed E-state index contributed by atoms with van der Waals surface area (Å²) >= 11 is 0. The molecule has 7 aromatic carbocycles. The molecule has 0 bridgehead atoms. The SMILES string of the molecule is Cc1ccc(NC(=O)c2ccc(C(=O)Nc3ccc(-n4c(=O)c5cc6c(=O)n(-c7ccc(-c8ccc(-n9c(=O)c%10cc%11c(=O)n(C)c(=O)c%11cc%10c9=O)c(C)c8)cc7C)c(=O)c6cc5c4=O)cc3)cc2)cc1. The second-order valence-corrected chi connectivity index (χ2v) is 17.8. The van der Waals surface area contributed by atoms with Crippen LogP contribution in [0.15, 0.2) is 172 Å². The van der Waals surface area contributed by atoms with Crippen molar-refractivity contribution in [1.82, 2.24) is 18.3 Å². The van der Waals surface area contributed by atoms with E-state index in [2.05, 4.69) is 10.6 Å². The second kappa shape index (κ2) is 16.3. The number of aromatic nitrogens is 4. The van der Waals surface area contributed by atoms with E-state index in [1.807, 2.05) is 19.1 Å². The fourth-order valence-electron chi connectivity index (χ4n) is 9.42. The van der Waals surface area contributed by atoms with Crippen molar-refractivity contribution in [2.75, 3.05) is 10.6 Å². The molecule has 0 saturated carbocycles. The average molecular weight is 953 g/mol. The lowest BCUT2D eigenvalue weighted by Crippen LogP contribution is -2.24. The van der Waals surface area contributed by atoms with Crippen LogP contribution in [-0.2, 0) is 7.05 Å². The van der Waals surface area contributed by atoms with Gasteiger partial charge in [0.25, 0.3) is 56.3 Å². The van der Waals surface area contributed by atoms with E-state index in [1.54, 1.807) is 62.4 Å². The Balaban J connectivity index is 0.835. The maximum atomic E-state index is 14.0. The minimum atomic E-state index is -0.700. The zero-order valence-electron chi connectivity index (χ0n) is 38.6. The van der Waals surface area contributed by atoms with E-state index in [0.717, 1.165) is 23.8 Å². The lowest BCUT2D eigenvalue weighted by Gasteiger charge is -2.11. The first-order chi connectivity index (χ1) is 34.5. The standard InChI is InChI=1S/C56H36N6O10/c1-27-5-13-34(14-6-27)57-47(63)30-7-9-31(10-8-30)48(64)58-35-15-17-36(18-16-35)60-51(67)39-25-43-44(26-40(39)52(60)68)56(72)62(55(43)71)46-20-12-33(22-29(46)3)32-11-19-45(28(2)21-32)61-53(69)41-23-37-38(24-42(41)54(61)70)50(66)59(4)49(37)65/h5-26H,1-4H3,(H,57,63)(H,58,64). The van der Waals surface area contributed by atoms with Gasteiger partial charge in [-0.1, -0.05) is 29.8 Å². The summed E-state index contributed by atoms with van der Waals surface area (Å²) in [6, 6.07) is 34.8. The van der Waals surface area contributed by atoms with Gasteiger partial charge in [0.1, 0.15) is 0 Å². The molecule has 0 aliphatic rings. The number of nitrogens with zero attached hydrogens (tertiary/aromatic N) is 4. The van der Waals surface area contributed by atoms with Crippen LogP contribution in [0.25, 0.3) is 71.3 Å². The van der Waals surface area contributed by atoms with Gasteiger partial charge >= 0.3 is 0 Å². The molecule has 0 unspecified atom stereocenters. The molecule has 0 radical (unpaired) electrons. The molecule has 0 saturated heterocycles. The number of carbonyl (C=O) groups is 2. The maximum Gasteiger partial charge on any atom is 0.266 e. The summed E-state index contributed by atoms with van der Waals surface area (Å²) in [5, 5.41) is 5.57. The molecule has 0 spiro atoms. The Labute approximate surface area is 403 Å². The monoisotopic (exact) mass is 952 g/mol. The van der Waals surface area contributed by atoms with Crippen molar-refractivity contribution < 1.29 is 9.59 Å². The van der Waals surface area contributed by atoms with Crippen LogP contribution in [0.5, 0.6) is 0 Å². The van der Waals surface area contributed by atoms with Crippen LogP contribution < -0.4 is 55.1 Å². The van der Waals surface area contributed by atoms with E-state index >= 15 is 0 Å². The van der Waals surface area contributed by atoms with E-state index in [-0.39, 0.29) is 65.9 Å². The Morgan fingerprint density at radius 1 is 0.361 bits per heavy atom. The number of hydrogen-bond acceptors (Lipinski definition) is 10. The number of aryl methyl sites for hydroxylation is 3. The van der Waals surface area contributed by atoms with Crippen LogP contribution in [0, 0.1) is 20.8 Å². The molecule has 2 N–H and O–H groups in total. The quantitative estimate of drug-likeness (QED) is 0.188. The van der Waals surface area contributed by atoms with Gasteiger partial charge in [-0.2, -0.15) is 0 Å². The number of amides is 2. The van der Waals surface area contributed by atoms with E-state index < -0.39 is 50.4 Å². The van der Waals surface area contributed by atoms with Gasteiger partial charge in [0, 0.05) is 29.5 Å². The first kappa shape index (κ1) is 44.5. The minimum absolute atomic E-state index is 0.0266. The van der Waals surface area contributed by atoms with Crippen LogP contribution in [0.3, 0.4) is 0 Å². The van der Waals surface area contributed by atoms with E-state index in [1.165, 1.54) is 79.8 Å². The largest absolute Gasteiger partial charge is 0.322 e. The minimum Gasteiger partial charge on any atom is -0.322 e. The van der Waals surface area contributed by atoms with E-state index in [0.29, 0.717) is 44.9 Å².